The molecule has 1 atom stereocenters. The number of Topliss-reactive ketones (excluding diaryl/α,β-unsaturated/α-hetero) is 1. The van der Waals surface area contributed by atoms with Crippen LogP contribution < -0.4 is 0 Å². The highest BCUT2D eigenvalue weighted by atomic mass is 32.1. The molecule has 1 aliphatic heterocycles. The highest BCUT2D eigenvalue weighted by Crippen LogP contribution is 2.33. The molecule has 3 aromatic rings. The molecule has 27 heavy (non-hydrogen) atoms. The van der Waals surface area contributed by atoms with Crippen molar-refractivity contribution >= 4 is 33.2 Å². The quantitative estimate of drug-likeness (QED) is 0.607. The van der Waals surface area contributed by atoms with Gasteiger partial charge in [0.1, 0.15) is 0 Å². The monoisotopic (exact) mass is 378 g/mol. The molecule has 138 valence electrons. The fourth-order valence-electron chi connectivity index (χ4n) is 3.62. The Morgan fingerprint density at radius 3 is 2.63 bits per heavy atom. The number of thiazole rings is 1. The second-order valence-electron chi connectivity index (χ2n) is 6.99. The van der Waals surface area contributed by atoms with Crippen LogP contribution in [0.15, 0.2) is 54.6 Å². The normalized spacial score (nSPS) is 17.2. The van der Waals surface area contributed by atoms with E-state index in [1.54, 1.807) is 23.5 Å². The van der Waals surface area contributed by atoms with Gasteiger partial charge >= 0.3 is 0 Å². The number of para-hydroxylation sites is 1. The van der Waals surface area contributed by atoms with Gasteiger partial charge in [-0.25, -0.2) is 4.98 Å². The number of nitrogens with zero attached hydrogens (tertiary/aromatic N) is 2. The fourth-order valence-corrected chi connectivity index (χ4v) is 4.71. The first kappa shape index (κ1) is 17.9. The molecule has 0 bridgehead atoms. The Morgan fingerprint density at radius 2 is 1.81 bits per heavy atom. The first-order valence-electron chi connectivity index (χ1n) is 9.42. The smallest absolute Gasteiger partial charge is 0.223 e. The van der Waals surface area contributed by atoms with Gasteiger partial charge in [-0.2, -0.15) is 0 Å². The SMILES string of the molecule is O=C(CCC(=O)N1CCC[C@@H](c2nc3ccccc3s2)C1)c1ccccc1. The number of likely N-dealkylation sites (tertiary alicyclic amines) is 1. The lowest BCUT2D eigenvalue weighted by atomic mass is 9.98. The number of amides is 1. The summed E-state index contributed by atoms with van der Waals surface area (Å²) in [4.78, 5) is 31.6. The maximum absolute atomic E-state index is 12.6. The van der Waals surface area contributed by atoms with Gasteiger partial charge in [-0.05, 0) is 25.0 Å². The zero-order valence-electron chi connectivity index (χ0n) is 15.1. The summed E-state index contributed by atoms with van der Waals surface area (Å²) in [6.07, 6.45) is 2.59. The molecule has 0 saturated carbocycles. The van der Waals surface area contributed by atoms with Gasteiger partial charge in [-0.1, -0.05) is 42.5 Å². The summed E-state index contributed by atoms with van der Waals surface area (Å²) in [5, 5.41) is 1.12. The summed E-state index contributed by atoms with van der Waals surface area (Å²) < 4.78 is 1.20. The van der Waals surface area contributed by atoms with Gasteiger partial charge < -0.3 is 4.90 Å². The van der Waals surface area contributed by atoms with Crippen molar-refractivity contribution in [3.63, 3.8) is 0 Å². The van der Waals surface area contributed by atoms with E-state index in [9.17, 15) is 9.59 Å². The standard InChI is InChI=1S/C22H22N2O2S/c25-19(16-7-2-1-3-8-16)12-13-21(26)24-14-6-9-17(15-24)22-23-18-10-4-5-11-20(18)27-22/h1-5,7-8,10-11,17H,6,9,12-15H2/t17-/m1/s1. The molecule has 1 aliphatic rings. The van der Waals surface area contributed by atoms with Crippen molar-refractivity contribution in [3.8, 4) is 0 Å². The third-order valence-electron chi connectivity index (χ3n) is 5.10. The molecule has 0 N–H and O–H groups in total. The maximum Gasteiger partial charge on any atom is 0.223 e. The highest BCUT2D eigenvalue weighted by molar-refractivity contribution is 7.18. The molecule has 5 heteroatoms. The number of hydrogen-bond donors (Lipinski definition) is 0. The molecule has 4 nitrogen and oxygen atoms in total. The van der Waals surface area contributed by atoms with Gasteiger partial charge in [0.2, 0.25) is 5.91 Å². The van der Waals surface area contributed by atoms with Gasteiger partial charge in [-0.3, -0.25) is 9.59 Å². The number of hydrogen-bond acceptors (Lipinski definition) is 4. The molecule has 4 rings (SSSR count). The highest BCUT2D eigenvalue weighted by Gasteiger charge is 2.27. The number of piperidine rings is 1. The molecule has 0 aliphatic carbocycles. The third-order valence-corrected chi connectivity index (χ3v) is 6.29. The zero-order chi connectivity index (χ0) is 18.6. The minimum Gasteiger partial charge on any atom is -0.342 e. The van der Waals surface area contributed by atoms with E-state index in [-0.39, 0.29) is 24.5 Å². The molecule has 0 radical (unpaired) electrons. The number of carbonyl (C=O) groups excluding carboxylic acids is 2. The largest absolute Gasteiger partial charge is 0.342 e. The molecule has 1 amide bonds. The fraction of sp³-hybridized carbons (Fsp3) is 0.318. The first-order valence-corrected chi connectivity index (χ1v) is 10.2. The molecule has 0 spiro atoms. The van der Waals surface area contributed by atoms with E-state index < -0.39 is 0 Å². The molecule has 0 unspecified atom stereocenters. The minimum absolute atomic E-state index is 0.0312. The molecular weight excluding hydrogens is 356 g/mol. The van der Waals surface area contributed by atoms with Crippen molar-refractivity contribution in [1.29, 1.82) is 0 Å². The summed E-state index contributed by atoms with van der Waals surface area (Å²) in [6, 6.07) is 17.4. The van der Waals surface area contributed by atoms with Crippen LogP contribution in [0.4, 0.5) is 0 Å². The van der Waals surface area contributed by atoms with Gasteiger partial charge in [0.15, 0.2) is 5.78 Å². The zero-order valence-corrected chi connectivity index (χ0v) is 16.0. The summed E-state index contributed by atoms with van der Waals surface area (Å²) in [6.45, 7) is 1.48. The molecular formula is C22H22N2O2S. The van der Waals surface area contributed by atoms with Gasteiger partial charge in [0, 0.05) is 37.4 Å². The van der Waals surface area contributed by atoms with E-state index in [0.29, 0.717) is 18.0 Å². The number of rotatable bonds is 5. The number of ketones is 1. The van der Waals surface area contributed by atoms with Gasteiger partial charge in [-0.15, -0.1) is 11.3 Å². The first-order chi connectivity index (χ1) is 13.2. The third kappa shape index (κ3) is 4.08. The van der Waals surface area contributed by atoms with Gasteiger partial charge in [0.05, 0.1) is 15.2 Å². The van der Waals surface area contributed by atoms with Gasteiger partial charge in [0.25, 0.3) is 0 Å². The number of carbonyl (C=O) groups is 2. The molecule has 1 saturated heterocycles. The van der Waals surface area contributed by atoms with E-state index >= 15 is 0 Å². The van der Waals surface area contributed by atoms with Crippen molar-refractivity contribution < 1.29 is 9.59 Å². The average molecular weight is 378 g/mol. The van der Waals surface area contributed by atoms with E-state index in [0.717, 1.165) is 29.9 Å². The average Bonchev–Trinajstić information content (AvgIpc) is 3.17. The van der Waals surface area contributed by atoms with E-state index in [1.807, 2.05) is 41.3 Å². The maximum atomic E-state index is 12.6. The van der Waals surface area contributed by atoms with Crippen molar-refractivity contribution in [3.05, 3.63) is 65.2 Å². The van der Waals surface area contributed by atoms with Crippen LogP contribution in [0.25, 0.3) is 10.2 Å². The van der Waals surface area contributed by atoms with E-state index in [4.69, 9.17) is 4.98 Å². The Labute approximate surface area is 162 Å². The van der Waals surface area contributed by atoms with Crippen molar-refractivity contribution in [2.45, 2.75) is 31.6 Å². The van der Waals surface area contributed by atoms with Crippen LogP contribution in [0.1, 0.15) is 47.0 Å². The summed E-state index contributed by atoms with van der Waals surface area (Å²) in [7, 11) is 0. The minimum atomic E-state index is 0.0312. The number of aromatic nitrogens is 1. The molecule has 2 heterocycles. The lowest BCUT2D eigenvalue weighted by Gasteiger charge is -2.31. The van der Waals surface area contributed by atoms with E-state index in [1.165, 1.54) is 4.70 Å². The summed E-state index contributed by atoms with van der Waals surface area (Å²) in [5.41, 5.74) is 1.71. The Kier molecular flexibility index (Phi) is 5.30. The predicted molar refractivity (Wildman–Crippen MR) is 108 cm³/mol. The lowest BCUT2D eigenvalue weighted by Crippen LogP contribution is -2.39. The van der Waals surface area contributed by atoms with Crippen LogP contribution >= 0.6 is 11.3 Å². The Bertz CT molecular complexity index is 918. The Hall–Kier alpha value is -2.53. The second-order valence-corrected chi connectivity index (χ2v) is 8.05. The van der Waals surface area contributed by atoms with Crippen molar-refractivity contribution in [2.75, 3.05) is 13.1 Å². The molecule has 2 aromatic carbocycles. The topological polar surface area (TPSA) is 50.3 Å². The second kappa shape index (κ2) is 8.01. The van der Waals surface area contributed by atoms with Crippen LogP contribution in [0.5, 0.6) is 0 Å². The molecule has 1 aromatic heterocycles. The lowest BCUT2D eigenvalue weighted by molar-refractivity contribution is -0.132. The summed E-state index contributed by atoms with van der Waals surface area (Å²) in [5.74, 6) is 0.402. The molecule has 1 fully saturated rings. The van der Waals surface area contributed by atoms with Crippen LogP contribution in [0.2, 0.25) is 0 Å². The van der Waals surface area contributed by atoms with Crippen LogP contribution in [0.3, 0.4) is 0 Å². The van der Waals surface area contributed by atoms with Crippen LogP contribution in [-0.4, -0.2) is 34.7 Å². The van der Waals surface area contributed by atoms with Crippen molar-refractivity contribution in [1.82, 2.24) is 9.88 Å². The summed E-state index contributed by atoms with van der Waals surface area (Å²) >= 11 is 1.73. The number of benzene rings is 2. The Balaban J connectivity index is 1.37. The van der Waals surface area contributed by atoms with Crippen LogP contribution in [-0.2, 0) is 4.79 Å². The van der Waals surface area contributed by atoms with Crippen molar-refractivity contribution in [2.24, 2.45) is 0 Å². The predicted octanol–water partition coefficient (Wildman–Crippen LogP) is 4.67. The van der Waals surface area contributed by atoms with E-state index in [2.05, 4.69) is 6.07 Å². The Morgan fingerprint density at radius 1 is 1.04 bits per heavy atom. The number of fused-ring (bicyclic) bond motifs is 1. The van der Waals surface area contributed by atoms with Crippen LogP contribution in [0, 0.1) is 0 Å².